The van der Waals surface area contributed by atoms with E-state index in [-0.39, 0.29) is 10.9 Å². The van der Waals surface area contributed by atoms with Gasteiger partial charge >= 0.3 is 0 Å². The number of nitrogens with one attached hydrogen (secondary N) is 1. The molecular weight excluding hydrogens is 300 g/mol. The van der Waals surface area contributed by atoms with E-state index in [0.29, 0.717) is 26.3 Å². The van der Waals surface area contributed by atoms with Gasteiger partial charge in [0, 0.05) is 27.3 Å². The van der Waals surface area contributed by atoms with Gasteiger partial charge in [0.15, 0.2) is 5.76 Å². The van der Waals surface area contributed by atoms with Gasteiger partial charge in [-0.25, -0.2) is 13.1 Å². The molecule has 1 aromatic heterocycles. The summed E-state index contributed by atoms with van der Waals surface area (Å²) in [6.45, 7) is 1.43. The predicted molar refractivity (Wildman–Crippen MR) is 74.6 cm³/mol. The van der Waals surface area contributed by atoms with Crippen LogP contribution in [0.25, 0.3) is 0 Å². The van der Waals surface area contributed by atoms with Crippen molar-refractivity contribution >= 4 is 15.9 Å². The van der Waals surface area contributed by atoms with E-state index >= 15 is 0 Å². The minimum atomic E-state index is -3.71. The van der Waals surface area contributed by atoms with Gasteiger partial charge in [-0.2, -0.15) is 0 Å². The molecule has 21 heavy (non-hydrogen) atoms. The van der Waals surface area contributed by atoms with E-state index in [1.165, 1.54) is 38.3 Å². The van der Waals surface area contributed by atoms with Crippen molar-refractivity contribution in [3.63, 3.8) is 0 Å². The van der Waals surface area contributed by atoms with Gasteiger partial charge in [-0.15, -0.1) is 0 Å². The summed E-state index contributed by atoms with van der Waals surface area (Å²) in [6.07, 6.45) is 0. The van der Waals surface area contributed by atoms with Crippen molar-refractivity contribution in [2.75, 3.05) is 47.6 Å². The quantitative estimate of drug-likeness (QED) is 0.683. The highest BCUT2D eigenvalue weighted by Gasteiger charge is 2.23. The molecule has 0 aromatic carbocycles. The molecule has 0 atom stereocenters. The van der Waals surface area contributed by atoms with Crippen molar-refractivity contribution in [2.45, 2.75) is 5.09 Å². The zero-order valence-electron chi connectivity index (χ0n) is 12.3. The van der Waals surface area contributed by atoms with E-state index in [2.05, 4.69) is 4.72 Å². The van der Waals surface area contributed by atoms with Crippen molar-refractivity contribution in [1.29, 1.82) is 0 Å². The lowest BCUT2D eigenvalue weighted by Gasteiger charge is -2.20. The molecule has 0 fully saturated rings. The summed E-state index contributed by atoms with van der Waals surface area (Å²) in [5.74, 6) is -0.460. The lowest BCUT2D eigenvalue weighted by molar-refractivity contribution is 0.0593. The third kappa shape index (κ3) is 4.81. The van der Waals surface area contributed by atoms with Crippen LogP contribution in [0.2, 0.25) is 0 Å². The summed E-state index contributed by atoms with van der Waals surface area (Å²) in [5, 5.41) is -0.299. The van der Waals surface area contributed by atoms with Gasteiger partial charge in [0.2, 0.25) is 5.09 Å². The number of amides is 1. The lowest BCUT2D eigenvalue weighted by Crippen LogP contribution is -2.36. The number of methoxy groups -OCH3 is 2. The number of carbonyl (C=O) groups is 1. The Balaban J connectivity index is 2.88. The van der Waals surface area contributed by atoms with E-state index < -0.39 is 15.9 Å². The highest BCUT2D eigenvalue weighted by Crippen LogP contribution is 2.15. The summed E-state index contributed by atoms with van der Waals surface area (Å²) in [5.41, 5.74) is 0. The fourth-order valence-corrected chi connectivity index (χ4v) is 2.20. The second kappa shape index (κ2) is 8.13. The summed E-state index contributed by atoms with van der Waals surface area (Å²) in [7, 11) is 0.622. The van der Waals surface area contributed by atoms with Crippen molar-refractivity contribution in [3.05, 3.63) is 17.9 Å². The standard InChI is InChI=1S/C12H20N2O6S/c1-13-21(16,17)11-5-4-10(20-11)12(15)14(6-8-18-2)7-9-19-3/h4-5,13H,6-9H2,1-3H3. The third-order valence-corrected chi connectivity index (χ3v) is 4.03. The van der Waals surface area contributed by atoms with Crippen LogP contribution < -0.4 is 4.72 Å². The molecule has 1 rings (SSSR count). The topological polar surface area (TPSA) is 98.1 Å². The molecule has 1 N–H and O–H groups in total. The molecule has 0 aliphatic heterocycles. The molecule has 8 nitrogen and oxygen atoms in total. The van der Waals surface area contributed by atoms with Crippen LogP contribution in [0.15, 0.2) is 21.6 Å². The van der Waals surface area contributed by atoms with Crippen LogP contribution in [-0.4, -0.2) is 66.8 Å². The fraction of sp³-hybridized carbons (Fsp3) is 0.583. The zero-order chi connectivity index (χ0) is 15.9. The number of sulfonamides is 1. The first-order chi connectivity index (χ1) is 9.96. The summed E-state index contributed by atoms with van der Waals surface area (Å²) < 4.78 is 40.3. The number of nitrogens with zero attached hydrogens (tertiary/aromatic N) is 1. The SMILES string of the molecule is CNS(=O)(=O)c1ccc(C(=O)N(CCOC)CCOC)o1. The molecule has 0 bridgehead atoms. The van der Waals surface area contributed by atoms with Crippen molar-refractivity contribution in [2.24, 2.45) is 0 Å². The molecular formula is C12H20N2O6S. The van der Waals surface area contributed by atoms with Gasteiger partial charge in [0.05, 0.1) is 13.2 Å². The van der Waals surface area contributed by atoms with E-state index in [1.807, 2.05) is 0 Å². The number of hydrogen-bond donors (Lipinski definition) is 1. The maximum absolute atomic E-state index is 12.3. The molecule has 0 radical (unpaired) electrons. The largest absolute Gasteiger partial charge is 0.438 e. The van der Waals surface area contributed by atoms with E-state index in [4.69, 9.17) is 13.9 Å². The van der Waals surface area contributed by atoms with E-state index in [9.17, 15) is 13.2 Å². The van der Waals surface area contributed by atoms with Crippen LogP contribution >= 0.6 is 0 Å². The zero-order valence-corrected chi connectivity index (χ0v) is 13.1. The first kappa shape index (κ1) is 17.6. The number of carbonyl (C=O) groups excluding carboxylic acids is 1. The smallest absolute Gasteiger partial charge is 0.289 e. The molecule has 1 amide bonds. The van der Waals surface area contributed by atoms with Crippen molar-refractivity contribution in [3.8, 4) is 0 Å². The lowest BCUT2D eigenvalue weighted by atomic mass is 10.3. The first-order valence-corrected chi connectivity index (χ1v) is 7.75. The van der Waals surface area contributed by atoms with Gasteiger partial charge in [-0.1, -0.05) is 0 Å². The van der Waals surface area contributed by atoms with Crippen molar-refractivity contribution in [1.82, 2.24) is 9.62 Å². The number of hydrogen-bond acceptors (Lipinski definition) is 6. The van der Waals surface area contributed by atoms with Gasteiger partial charge in [-0.3, -0.25) is 4.79 Å². The maximum atomic E-state index is 12.3. The summed E-state index contributed by atoms with van der Waals surface area (Å²) >= 11 is 0. The molecule has 0 aliphatic rings. The van der Waals surface area contributed by atoms with Crippen LogP contribution in [0.1, 0.15) is 10.6 Å². The summed E-state index contributed by atoms with van der Waals surface area (Å²) in [6, 6.07) is 2.57. The van der Waals surface area contributed by atoms with Gasteiger partial charge in [-0.05, 0) is 19.2 Å². The minimum Gasteiger partial charge on any atom is -0.438 e. The van der Waals surface area contributed by atoms with Crippen molar-refractivity contribution < 1.29 is 27.1 Å². The molecule has 1 heterocycles. The highest BCUT2D eigenvalue weighted by atomic mass is 32.2. The summed E-state index contributed by atoms with van der Waals surface area (Å²) in [4.78, 5) is 13.8. The van der Waals surface area contributed by atoms with E-state index in [1.54, 1.807) is 0 Å². The van der Waals surface area contributed by atoms with Crippen LogP contribution in [0.3, 0.4) is 0 Å². The molecule has 9 heteroatoms. The second-order valence-electron chi connectivity index (χ2n) is 4.10. The molecule has 0 saturated heterocycles. The first-order valence-electron chi connectivity index (χ1n) is 6.26. The van der Waals surface area contributed by atoms with Crippen LogP contribution in [0, 0.1) is 0 Å². The fourth-order valence-electron chi connectivity index (χ4n) is 1.55. The molecule has 0 aliphatic carbocycles. The van der Waals surface area contributed by atoms with Crippen LogP contribution in [0.4, 0.5) is 0 Å². The van der Waals surface area contributed by atoms with Crippen LogP contribution in [0.5, 0.6) is 0 Å². The number of rotatable bonds is 9. The molecule has 0 spiro atoms. The average molecular weight is 320 g/mol. The maximum Gasteiger partial charge on any atom is 0.289 e. The number of furan rings is 1. The Morgan fingerprint density at radius 3 is 2.29 bits per heavy atom. The van der Waals surface area contributed by atoms with E-state index in [0.717, 1.165) is 0 Å². The highest BCUT2D eigenvalue weighted by molar-refractivity contribution is 7.89. The Bertz CT molecular complexity index is 546. The molecule has 120 valence electrons. The molecule has 0 unspecified atom stereocenters. The predicted octanol–water partition coefficient (Wildman–Crippen LogP) is -0.0773. The second-order valence-corrected chi connectivity index (χ2v) is 5.92. The monoisotopic (exact) mass is 320 g/mol. The van der Waals surface area contributed by atoms with Gasteiger partial charge in [0.1, 0.15) is 0 Å². The average Bonchev–Trinajstić information content (AvgIpc) is 2.97. The molecule has 1 aromatic rings. The number of ether oxygens (including phenoxy) is 2. The van der Waals surface area contributed by atoms with Crippen LogP contribution in [-0.2, 0) is 19.5 Å². The Kier molecular flexibility index (Phi) is 6.82. The Labute approximate surface area is 124 Å². The minimum absolute atomic E-state index is 0.0453. The van der Waals surface area contributed by atoms with Gasteiger partial charge in [0.25, 0.3) is 15.9 Å². The Hall–Kier alpha value is -1.42. The normalized spacial score (nSPS) is 11.6. The third-order valence-electron chi connectivity index (χ3n) is 2.74. The molecule has 0 saturated carbocycles. The Morgan fingerprint density at radius 2 is 1.81 bits per heavy atom. The van der Waals surface area contributed by atoms with Gasteiger partial charge < -0.3 is 18.8 Å². The Morgan fingerprint density at radius 1 is 1.24 bits per heavy atom.